The molecule has 0 aromatic heterocycles. The maximum atomic E-state index is 11.7. The fraction of sp³-hybridized carbons (Fsp3) is 0.357. The molecule has 120 valence electrons. The zero-order chi connectivity index (χ0) is 16.5. The van der Waals surface area contributed by atoms with Gasteiger partial charge >= 0.3 is 12.1 Å². The summed E-state index contributed by atoms with van der Waals surface area (Å²) in [7, 11) is 1.43. The van der Waals surface area contributed by atoms with E-state index in [9.17, 15) is 14.4 Å². The lowest BCUT2D eigenvalue weighted by Crippen LogP contribution is -2.44. The molecule has 1 rings (SSSR count). The van der Waals surface area contributed by atoms with Crippen molar-refractivity contribution in [1.82, 2.24) is 10.6 Å². The summed E-state index contributed by atoms with van der Waals surface area (Å²) in [5.41, 5.74) is 1.25. The number of imide groups is 1. The number of hydrogen-bond acceptors (Lipinski definition) is 5. The van der Waals surface area contributed by atoms with Gasteiger partial charge in [0.1, 0.15) is 6.04 Å². The summed E-state index contributed by atoms with van der Waals surface area (Å²) < 4.78 is 4.76. The number of ether oxygens (including phenoxy) is 1. The van der Waals surface area contributed by atoms with E-state index in [2.05, 4.69) is 21.3 Å². The second-order valence-electron chi connectivity index (χ2n) is 4.36. The van der Waals surface area contributed by atoms with Crippen LogP contribution in [0.3, 0.4) is 0 Å². The Bertz CT molecular complexity index is 530. The normalized spacial score (nSPS) is 11.0. The van der Waals surface area contributed by atoms with Gasteiger partial charge in [0.05, 0.1) is 6.61 Å². The van der Waals surface area contributed by atoms with Crippen LogP contribution in [0.2, 0.25) is 0 Å². The van der Waals surface area contributed by atoms with Crippen molar-refractivity contribution < 1.29 is 19.1 Å². The van der Waals surface area contributed by atoms with Crippen LogP contribution in [0.4, 0.5) is 21.0 Å². The molecule has 0 heterocycles. The summed E-state index contributed by atoms with van der Waals surface area (Å²) in [5, 5.41) is 9.98. The molecule has 4 amide bonds. The Kier molecular flexibility index (Phi) is 6.68. The lowest BCUT2D eigenvalue weighted by molar-refractivity contribution is -0.120. The van der Waals surface area contributed by atoms with Crippen LogP contribution in [0.5, 0.6) is 0 Å². The molecule has 0 aliphatic rings. The van der Waals surface area contributed by atoms with E-state index in [1.165, 1.54) is 7.05 Å². The number of amides is 4. The zero-order valence-corrected chi connectivity index (χ0v) is 12.7. The molecule has 0 saturated carbocycles. The highest BCUT2D eigenvalue weighted by atomic mass is 16.5. The predicted molar refractivity (Wildman–Crippen MR) is 82.8 cm³/mol. The summed E-state index contributed by atoms with van der Waals surface area (Å²) >= 11 is 0. The molecule has 1 atom stereocenters. The third-order valence-corrected chi connectivity index (χ3v) is 2.65. The van der Waals surface area contributed by atoms with E-state index in [0.717, 1.165) is 0 Å². The van der Waals surface area contributed by atoms with Crippen molar-refractivity contribution in [3.8, 4) is 0 Å². The standard InChI is InChI=1S/C14H20N4O4/c1-4-22-14(21)17-11-7-5-10(6-8-11)16-9(2)12(19)18-13(20)15-3/h5-9,16H,4H2,1-3H3,(H,17,21)(H2,15,18,19,20)/t9-/m1/s1. The number of carbonyl (C=O) groups is 3. The van der Waals surface area contributed by atoms with Gasteiger partial charge in [-0.1, -0.05) is 0 Å². The van der Waals surface area contributed by atoms with Gasteiger partial charge in [-0.05, 0) is 38.1 Å². The Morgan fingerprint density at radius 3 is 2.27 bits per heavy atom. The van der Waals surface area contributed by atoms with Gasteiger partial charge in [-0.3, -0.25) is 15.4 Å². The van der Waals surface area contributed by atoms with E-state index in [-0.39, 0.29) is 0 Å². The molecule has 0 radical (unpaired) electrons. The molecule has 8 heteroatoms. The van der Waals surface area contributed by atoms with Gasteiger partial charge in [-0.25, -0.2) is 9.59 Å². The van der Waals surface area contributed by atoms with Gasteiger partial charge < -0.3 is 15.4 Å². The summed E-state index contributed by atoms with van der Waals surface area (Å²) in [6.45, 7) is 3.64. The van der Waals surface area contributed by atoms with Gasteiger partial charge in [0.25, 0.3) is 0 Å². The Balaban J connectivity index is 2.54. The Morgan fingerprint density at radius 1 is 1.14 bits per heavy atom. The molecule has 0 saturated heterocycles. The maximum absolute atomic E-state index is 11.7. The van der Waals surface area contributed by atoms with E-state index >= 15 is 0 Å². The van der Waals surface area contributed by atoms with Crippen LogP contribution < -0.4 is 21.3 Å². The number of rotatable bonds is 5. The molecule has 0 fully saturated rings. The van der Waals surface area contributed by atoms with Crippen LogP contribution in [0.1, 0.15) is 13.8 Å². The Morgan fingerprint density at radius 2 is 1.73 bits per heavy atom. The molecule has 4 N–H and O–H groups in total. The third-order valence-electron chi connectivity index (χ3n) is 2.65. The van der Waals surface area contributed by atoms with Crippen molar-refractivity contribution in [1.29, 1.82) is 0 Å². The summed E-state index contributed by atoms with van der Waals surface area (Å²) in [4.78, 5) is 34.0. The monoisotopic (exact) mass is 308 g/mol. The van der Waals surface area contributed by atoms with Crippen molar-refractivity contribution in [2.45, 2.75) is 19.9 Å². The van der Waals surface area contributed by atoms with Gasteiger partial charge in [0.15, 0.2) is 0 Å². The Labute approximate surface area is 128 Å². The van der Waals surface area contributed by atoms with Crippen molar-refractivity contribution in [3.63, 3.8) is 0 Å². The maximum Gasteiger partial charge on any atom is 0.411 e. The highest BCUT2D eigenvalue weighted by Gasteiger charge is 2.14. The average molecular weight is 308 g/mol. The minimum atomic E-state index is -0.596. The fourth-order valence-corrected chi connectivity index (χ4v) is 1.53. The van der Waals surface area contributed by atoms with Crippen molar-refractivity contribution >= 4 is 29.4 Å². The molecule has 0 aliphatic carbocycles. The average Bonchev–Trinajstić information content (AvgIpc) is 2.49. The molecule has 1 aromatic rings. The number of urea groups is 1. The number of nitrogens with one attached hydrogen (secondary N) is 4. The van der Waals surface area contributed by atoms with E-state index in [4.69, 9.17) is 4.74 Å². The molecule has 0 unspecified atom stereocenters. The lowest BCUT2D eigenvalue weighted by atomic mass is 10.2. The number of hydrogen-bond donors (Lipinski definition) is 4. The van der Waals surface area contributed by atoms with Crippen molar-refractivity contribution in [2.24, 2.45) is 0 Å². The molecular weight excluding hydrogens is 288 g/mol. The minimum absolute atomic E-state index is 0.295. The summed E-state index contributed by atoms with van der Waals surface area (Å²) in [5.74, 6) is -0.451. The van der Waals surface area contributed by atoms with Crippen LogP contribution in [0.25, 0.3) is 0 Å². The SMILES string of the molecule is CCOC(=O)Nc1ccc(N[C@H](C)C(=O)NC(=O)NC)cc1. The van der Waals surface area contributed by atoms with Crippen molar-refractivity contribution in [3.05, 3.63) is 24.3 Å². The third kappa shape index (κ3) is 5.70. The first-order chi connectivity index (χ1) is 10.5. The number of carbonyl (C=O) groups excluding carboxylic acids is 3. The van der Waals surface area contributed by atoms with Crippen LogP contribution in [0.15, 0.2) is 24.3 Å². The highest BCUT2D eigenvalue weighted by molar-refractivity contribution is 5.97. The van der Waals surface area contributed by atoms with Crippen LogP contribution in [0, 0.1) is 0 Å². The lowest BCUT2D eigenvalue weighted by Gasteiger charge is -2.15. The van der Waals surface area contributed by atoms with Crippen LogP contribution in [-0.2, 0) is 9.53 Å². The molecular formula is C14H20N4O4. The van der Waals surface area contributed by atoms with Gasteiger partial charge in [0, 0.05) is 18.4 Å². The summed E-state index contributed by atoms with van der Waals surface area (Å²) in [6, 6.07) is 5.58. The first kappa shape index (κ1) is 17.3. The molecule has 0 aliphatic heterocycles. The zero-order valence-electron chi connectivity index (χ0n) is 12.7. The van der Waals surface area contributed by atoms with E-state index in [1.54, 1.807) is 38.1 Å². The molecule has 8 nitrogen and oxygen atoms in total. The molecule has 22 heavy (non-hydrogen) atoms. The number of anilines is 2. The van der Waals surface area contributed by atoms with Crippen molar-refractivity contribution in [2.75, 3.05) is 24.3 Å². The summed E-state index contributed by atoms with van der Waals surface area (Å²) in [6.07, 6.45) is -0.526. The first-order valence-electron chi connectivity index (χ1n) is 6.79. The number of benzene rings is 1. The fourth-order valence-electron chi connectivity index (χ4n) is 1.53. The van der Waals surface area contributed by atoms with Crippen LogP contribution in [-0.4, -0.2) is 37.7 Å². The van der Waals surface area contributed by atoms with E-state index in [0.29, 0.717) is 18.0 Å². The van der Waals surface area contributed by atoms with Gasteiger partial charge in [0.2, 0.25) is 5.91 Å². The topological polar surface area (TPSA) is 109 Å². The smallest absolute Gasteiger partial charge is 0.411 e. The first-order valence-corrected chi connectivity index (χ1v) is 6.79. The highest BCUT2D eigenvalue weighted by Crippen LogP contribution is 2.14. The second kappa shape index (κ2) is 8.50. The molecule has 1 aromatic carbocycles. The largest absolute Gasteiger partial charge is 0.450 e. The van der Waals surface area contributed by atoms with E-state index in [1.807, 2.05) is 0 Å². The molecule has 0 bridgehead atoms. The second-order valence-corrected chi connectivity index (χ2v) is 4.36. The van der Waals surface area contributed by atoms with Gasteiger partial charge in [-0.15, -0.1) is 0 Å². The minimum Gasteiger partial charge on any atom is -0.450 e. The van der Waals surface area contributed by atoms with E-state index < -0.39 is 24.1 Å². The van der Waals surface area contributed by atoms with Gasteiger partial charge in [-0.2, -0.15) is 0 Å². The Hall–Kier alpha value is -2.77. The van der Waals surface area contributed by atoms with Crippen LogP contribution >= 0.6 is 0 Å². The molecule has 0 spiro atoms. The predicted octanol–water partition coefficient (Wildman–Crippen LogP) is 1.51. The quantitative estimate of drug-likeness (QED) is 0.659.